The van der Waals surface area contributed by atoms with Gasteiger partial charge in [0.15, 0.2) is 12.4 Å². The molecule has 0 radical (unpaired) electrons. The molecule has 2 aromatic heterocycles. The molecule has 0 aliphatic rings. The van der Waals surface area contributed by atoms with Crippen LogP contribution in [0.25, 0.3) is 33.5 Å². The van der Waals surface area contributed by atoms with Gasteiger partial charge in [0.2, 0.25) is 5.82 Å². The van der Waals surface area contributed by atoms with Gasteiger partial charge in [0.05, 0.1) is 17.1 Å². The zero-order chi connectivity index (χ0) is 26.1. The highest BCUT2D eigenvalue weighted by Crippen LogP contribution is 2.29. The molecule has 0 fully saturated rings. The van der Waals surface area contributed by atoms with Crippen LogP contribution >= 0.6 is 11.6 Å². The predicted molar refractivity (Wildman–Crippen MR) is 145 cm³/mol. The summed E-state index contributed by atoms with van der Waals surface area (Å²) in [5.41, 5.74) is 7.39. The second kappa shape index (κ2) is 9.79. The van der Waals surface area contributed by atoms with Crippen molar-refractivity contribution in [1.29, 1.82) is 0 Å². The number of anilines is 1. The molecule has 0 saturated heterocycles. The summed E-state index contributed by atoms with van der Waals surface area (Å²) in [4.78, 5) is 31.4. The fourth-order valence-electron chi connectivity index (χ4n) is 3.82. The highest BCUT2D eigenvalue weighted by molar-refractivity contribution is 6.31. The predicted octanol–water partition coefficient (Wildman–Crippen LogP) is 4.28. The summed E-state index contributed by atoms with van der Waals surface area (Å²) in [5, 5.41) is 6.20. The number of amides is 1. The lowest BCUT2D eigenvalue weighted by Gasteiger charge is -2.15. The van der Waals surface area contributed by atoms with Gasteiger partial charge in [-0.3, -0.25) is 9.59 Å². The number of primary amides is 1. The van der Waals surface area contributed by atoms with E-state index in [0.717, 1.165) is 11.1 Å². The van der Waals surface area contributed by atoms with Gasteiger partial charge in [-0.15, -0.1) is 0 Å². The molecule has 10 heteroatoms. The molecule has 5 aromatic rings. The van der Waals surface area contributed by atoms with Crippen molar-refractivity contribution in [1.82, 2.24) is 9.66 Å². The second-order valence-electron chi connectivity index (χ2n) is 8.48. The van der Waals surface area contributed by atoms with Crippen LogP contribution < -0.4 is 20.9 Å². The Labute approximate surface area is 216 Å². The number of fused-ring (bicyclic) bond motifs is 2. The minimum atomic E-state index is -0.611. The van der Waals surface area contributed by atoms with Crippen LogP contribution in [0.4, 0.5) is 5.69 Å². The summed E-state index contributed by atoms with van der Waals surface area (Å²) in [5.74, 6) is 0.345. The lowest BCUT2D eigenvalue weighted by molar-refractivity contribution is -0.119. The Balaban J connectivity index is 1.67. The van der Waals surface area contributed by atoms with Crippen molar-refractivity contribution in [3.05, 3.63) is 87.7 Å². The smallest absolute Gasteiger partial charge is 0.282 e. The summed E-state index contributed by atoms with van der Waals surface area (Å²) in [6.07, 6.45) is 1.47. The first-order valence-electron chi connectivity index (χ1n) is 11.3. The van der Waals surface area contributed by atoms with E-state index < -0.39 is 5.91 Å². The molecule has 2 heterocycles. The Morgan fingerprint density at radius 2 is 1.97 bits per heavy atom. The second-order valence-corrected chi connectivity index (χ2v) is 8.91. The number of para-hydroxylation sites is 1. The third-order valence-corrected chi connectivity index (χ3v) is 5.88. The summed E-state index contributed by atoms with van der Waals surface area (Å²) in [6, 6.07) is 19.4. The number of carbonyl (C=O) groups is 1. The van der Waals surface area contributed by atoms with Crippen LogP contribution in [-0.2, 0) is 4.79 Å². The van der Waals surface area contributed by atoms with E-state index in [0.29, 0.717) is 38.6 Å². The number of ether oxygens (including phenoxy) is 1. The number of rotatable bonds is 7. The molecule has 186 valence electrons. The highest BCUT2D eigenvalue weighted by atomic mass is 35.5. The number of carbonyl (C=O) groups excluding carboxylic acids is 1. The van der Waals surface area contributed by atoms with E-state index in [9.17, 15) is 9.59 Å². The van der Waals surface area contributed by atoms with Crippen LogP contribution in [-0.4, -0.2) is 42.5 Å². The zero-order valence-corrected chi connectivity index (χ0v) is 20.8. The molecule has 5 rings (SSSR count). The third kappa shape index (κ3) is 4.89. The average molecular weight is 516 g/mol. The molecule has 0 bridgehead atoms. The van der Waals surface area contributed by atoms with Gasteiger partial charge in [0, 0.05) is 41.8 Å². The van der Waals surface area contributed by atoms with Gasteiger partial charge in [-0.05, 0) is 48.5 Å². The number of aromatic nitrogens is 2. The Kier molecular flexibility index (Phi) is 6.37. The number of furan rings is 1. The van der Waals surface area contributed by atoms with Gasteiger partial charge in [0.25, 0.3) is 11.5 Å². The van der Waals surface area contributed by atoms with Crippen LogP contribution in [0.1, 0.15) is 5.56 Å². The molecule has 1 amide bonds. The molecular formula is C27H22ClN5O4. The van der Waals surface area contributed by atoms with Crippen molar-refractivity contribution in [2.75, 3.05) is 25.6 Å². The average Bonchev–Trinajstić information content (AvgIpc) is 3.30. The Bertz CT molecular complexity index is 1740. The minimum Gasteiger partial charge on any atom is -0.483 e. The maximum absolute atomic E-state index is 13.5. The largest absolute Gasteiger partial charge is 0.483 e. The van der Waals surface area contributed by atoms with E-state index in [-0.39, 0.29) is 18.0 Å². The van der Waals surface area contributed by atoms with Crippen LogP contribution in [0.2, 0.25) is 5.02 Å². The Morgan fingerprint density at radius 1 is 1.16 bits per heavy atom. The molecule has 0 unspecified atom stereocenters. The van der Waals surface area contributed by atoms with Gasteiger partial charge in [-0.25, -0.2) is 4.98 Å². The van der Waals surface area contributed by atoms with Crippen LogP contribution in [0.3, 0.4) is 0 Å². The molecular weight excluding hydrogens is 494 g/mol. The summed E-state index contributed by atoms with van der Waals surface area (Å²) >= 11 is 6.14. The van der Waals surface area contributed by atoms with Crippen molar-refractivity contribution >= 4 is 51.3 Å². The van der Waals surface area contributed by atoms with Gasteiger partial charge < -0.3 is 19.8 Å². The van der Waals surface area contributed by atoms with Crippen molar-refractivity contribution in [3.8, 4) is 17.3 Å². The summed E-state index contributed by atoms with van der Waals surface area (Å²) < 4.78 is 12.8. The lowest BCUT2D eigenvalue weighted by atomic mass is 10.2. The topological polar surface area (TPSA) is 116 Å². The number of nitrogens with two attached hydrogens (primary N) is 1. The van der Waals surface area contributed by atoms with E-state index in [2.05, 4.69) is 10.1 Å². The Morgan fingerprint density at radius 3 is 2.76 bits per heavy atom. The summed E-state index contributed by atoms with van der Waals surface area (Å²) in [6.45, 7) is -0.304. The van der Waals surface area contributed by atoms with E-state index in [1.165, 1.54) is 10.9 Å². The van der Waals surface area contributed by atoms with Crippen LogP contribution in [0.15, 0.2) is 81.0 Å². The Hall–Kier alpha value is -4.63. The molecule has 3 aromatic carbocycles. The first kappa shape index (κ1) is 24.1. The number of hydrogen-bond donors (Lipinski definition) is 1. The van der Waals surface area contributed by atoms with Crippen molar-refractivity contribution < 1.29 is 13.9 Å². The van der Waals surface area contributed by atoms with E-state index in [4.69, 9.17) is 26.5 Å². The minimum absolute atomic E-state index is 0.219. The quantitative estimate of drug-likeness (QED) is 0.323. The van der Waals surface area contributed by atoms with Crippen molar-refractivity contribution in [2.24, 2.45) is 10.8 Å². The maximum atomic E-state index is 13.5. The van der Waals surface area contributed by atoms with Gasteiger partial charge in [-0.1, -0.05) is 23.7 Å². The third-order valence-electron chi connectivity index (χ3n) is 5.65. The van der Waals surface area contributed by atoms with E-state index >= 15 is 0 Å². The molecule has 0 atom stereocenters. The monoisotopic (exact) mass is 515 g/mol. The standard InChI is InChI=1S/C27H22ClN5O4/c1-32(2)19-9-7-16(23(13-19)36-15-25(29)34)14-30-33-26(31-21-6-4-3-5-20(21)27(33)35)24-12-17-11-18(28)8-10-22(17)37-24/h3-14H,15H2,1-2H3,(H2,29,34). The van der Waals surface area contributed by atoms with Gasteiger partial charge in [0.1, 0.15) is 11.3 Å². The molecule has 0 aliphatic heterocycles. The fraction of sp³-hybridized carbons (Fsp3) is 0.111. The first-order valence-corrected chi connectivity index (χ1v) is 11.7. The van der Waals surface area contributed by atoms with Gasteiger partial charge in [-0.2, -0.15) is 9.78 Å². The normalized spacial score (nSPS) is 11.4. The highest BCUT2D eigenvalue weighted by Gasteiger charge is 2.17. The lowest BCUT2D eigenvalue weighted by Crippen LogP contribution is -2.21. The SMILES string of the molecule is CN(C)c1ccc(C=Nn2c(-c3cc4cc(Cl)ccc4o3)nc3ccccc3c2=O)c(OCC(N)=O)c1. The van der Waals surface area contributed by atoms with Crippen molar-refractivity contribution in [2.45, 2.75) is 0 Å². The first-order chi connectivity index (χ1) is 17.8. The van der Waals surface area contributed by atoms with Crippen LogP contribution in [0.5, 0.6) is 5.75 Å². The summed E-state index contributed by atoms with van der Waals surface area (Å²) in [7, 11) is 3.77. The molecule has 0 saturated carbocycles. The molecule has 37 heavy (non-hydrogen) atoms. The zero-order valence-electron chi connectivity index (χ0n) is 20.0. The number of benzene rings is 3. The van der Waals surface area contributed by atoms with Gasteiger partial charge >= 0.3 is 0 Å². The molecule has 0 spiro atoms. The molecule has 9 nitrogen and oxygen atoms in total. The number of nitrogens with zero attached hydrogens (tertiary/aromatic N) is 4. The van der Waals surface area contributed by atoms with E-state index in [1.807, 2.05) is 25.1 Å². The van der Waals surface area contributed by atoms with Crippen LogP contribution in [0, 0.1) is 0 Å². The number of hydrogen-bond acceptors (Lipinski definition) is 7. The molecule has 2 N–H and O–H groups in total. The van der Waals surface area contributed by atoms with Crippen molar-refractivity contribution in [3.63, 3.8) is 0 Å². The molecule has 0 aliphatic carbocycles. The maximum Gasteiger partial charge on any atom is 0.282 e. The van der Waals surface area contributed by atoms with E-state index in [1.54, 1.807) is 60.7 Å². The number of halogens is 1. The fourth-order valence-corrected chi connectivity index (χ4v) is 4.00.